The number of carbonyl (C=O) groups is 1. The summed E-state index contributed by atoms with van der Waals surface area (Å²) in [7, 11) is 1.49. The molecular formula is C17H21ClFNO3. The molecule has 0 saturated carbocycles. The number of carbonyl (C=O) groups excluding carboxylic acids is 1. The summed E-state index contributed by atoms with van der Waals surface area (Å²) in [6.07, 6.45) is 2.20. The molecule has 1 aromatic rings. The van der Waals surface area contributed by atoms with Crippen LogP contribution < -0.4 is 4.74 Å². The molecule has 0 radical (unpaired) electrons. The summed E-state index contributed by atoms with van der Waals surface area (Å²) in [4.78, 5) is 13.7. The second-order valence-electron chi connectivity index (χ2n) is 6.37. The monoisotopic (exact) mass is 341 g/mol. The number of benzene rings is 1. The molecule has 2 rings (SSSR count). The van der Waals surface area contributed by atoms with Crippen LogP contribution in [0.25, 0.3) is 5.57 Å². The van der Waals surface area contributed by atoms with E-state index in [-0.39, 0.29) is 11.1 Å². The first-order valence-electron chi connectivity index (χ1n) is 7.41. The lowest BCUT2D eigenvalue weighted by molar-refractivity contribution is 0.0270. The molecule has 0 unspecified atom stereocenters. The third kappa shape index (κ3) is 4.38. The van der Waals surface area contributed by atoms with Crippen molar-refractivity contribution in [1.82, 2.24) is 4.90 Å². The van der Waals surface area contributed by atoms with E-state index in [1.54, 1.807) is 11.0 Å². The van der Waals surface area contributed by atoms with Gasteiger partial charge in [-0.25, -0.2) is 9.18 Å². The molecule has 1 heterocycles. The van der Waals surface area contributed by atoms with Gasteiger partial charge < -0.3 is 14.4 Å². The van der Waals surface area contributed by atoms with Crippen LogP contribution >= 0.6 is 11.6 Å². The lowest BCUT2D eigenvalue weighted by Gasteiger charge is -2.30. The maximum Gasteiger partial charge on any atom is 0.410 e. The highest BCUT2D eigenvalue weighted by molar-refractivity contribution is 6.31. The summed E-state index contributed by atoms with van der Waals surface area (Å²) in [5.41, 5.74) is 1.21. The van der Waals surface area contributed by atoms with Gasteiger partial charge >= 0.3 is 6.09 Å². The summed E-state index contributed by atoms with van der Waals surface area (Å²) in [6, 6.07) is 2.84. The molecule has 1 amide bonds. The third-order valence-electron chi connectivity index (χ3n) is 3.45. The molecular weight excluding hydrogens is 321 g/mol. The minimum Gasteiger partial charge on any atom is -0.496 e. The van der Waals surface area contributed by atoms with E-state index < -0.39 is 11.4 Å². The number of hydrogen-bond donors (Lipinski definition) is 0. The van der Waals surface area contributed by atoms with Crippen LogP contribution in [0.3, 0.4) is 0 Å². The molecule has 0 fully saturated rings. The van der Waals surface area contributed by atoms with Crippen molar-refractivity contribution < 1.29 is 18.7 Å². The fourth-order valence-electron chi connectivity index (χ4n) is 2.35. The van der Waals surface area contributed by atoms with Crippen LogP contribution in [0.4, 0.5) is 9.18 Å². The van der Waals surface area contributed by atoms with E-state index in [1.165, 1.54) is 13.2 Å². The Labute approximate surface area is 140 Å². The van der Waals surface area contributed by atoms with Crippen LogP contribution in [0, 0.1) is 5.82 Å². The van der Waals surface area contributed by atoms with Gasteiger partial charge in [0.15, 0.2) is 0 Å². The van der Waals surface area contributed by atoms with Crippen LogP contribution in [-0.4, -0.2) is 36.8 Å². The molecule has 0 N–H and O–H groups in total. The maximum atomic E-state index is 13.5. The number of methoxy groups -OCH3 is 1. The van der Waals surface area contributed by atoms with Gasteiger partial charge in [-0.1, -0.05) is 17.7 Å². The predicted octanol–water partition coefficient (Wildman–Crippen LogP) is 4.51. The molecule has 1 aliphatic heterocycles. The predicted molar refractivity (Wildman–Crippen MR) is 88.4 cm³/mol. The highest BCUT2D eigenvalue weighted by atomic mass is 35.5. The molecule has 0 bridgehead atoms. The van der Waals surface area contributed by atoms with Crippen LogP contribution in [0.2, 0.25) is 5.02 Å². The number of rotatable bonds is 2. The Balaban J connectivity index is 2.16. The summed E-state index contributed by atoms with van der Waals surface area (Å²) in [5.74, 6) is -0.0806. The van der Waals surface area contributed by atoms with E-state index in [1.807, 2.05) is 26.8 Å². The third-order valence-corrected chi connectivity index (χ3v) is 3.74. The van der Waals surface area contributed by atoms with Crippen LogP contribution in [0.5, 0.6) is 5.75 Å². The van der Waals surface area contributed by atoms with Gasteiger partial charge in [0.05, 0.1) is 12.1 Å². The van der Waals surface area contributed by atoms with Gasteiger partial charge in [-0.2, -0.15) is 0 Å². The Bertz CT molecular complexity index is 637. The van der Waals surface area contributed by atoms with Crippen molar-refractivity contribution in [3.8, 4) is 5.75 Å². The van der Waals surface area contributed by atoms with E-state index in [9.17, 15) is 9.18 Å². The summed E-state index contributed by atoms with van der Waals surface area (Å²) < 4.78 is 24.1. The Morgan fingerprint density at radius 3 is 2.57 bits per heavy atom. The van der Waals surface area contributed by atoms with E-state index >= 15 is 0 Å². The van der Waals surface area contributed by atoms with Crippen molar-refractivity contribution in [3.63, 3.8) is 0 Å². The van der Waals surface area contributed by atoms with Crippen molar-refractivity contribution >= 4 is 23.3 Å². The first kappa shape index (κ1) is 17.6. The first-order valence-corrected chi connectivity index (χ1v) is 7.79. The zero-order valence-corrected chi connectivity index (χ0v) is 14.5. The fourth-order valence-corrected chi connectivity index (χ4v) is 2.52. The number of amides is 1. The normalized spacial score (nSPS) is 15.2. The highest BCUT2D eigenvalue weighted by Crippen LogP contribution is 2.34. The number of nitrogens with zero attached hydrogens (tertiary/aromatic N) is 1. The summed E-state index contributed by atoms with van der Waals surface area (Å²) in [6.45, 7) is 6.46. The van der Waals surface area contributed by atoms with E-state index in [2.05, 4.69) is 0 Å². The van der Waals surface area contributed by atoms with Gasteiger partial charge in [0.1, 0.15) is 17.2 Å². The Kier molecular flexibility index (Phi) is 5.19. The standard InChI is InChI=1S/C17H21ClFNO3/c1-17(2,3)23-16(21)20-7-5-11(6-8-20)12-9-13(18)14(19)10-15(12)22-4/h5,9-10H,6-8H2,1-4H3. The Morgan fingerprint density at radius 1 is 1.35 bits per heavy atom. The van der Waals surface area contributed by atoms with Crippen LogP contribution in [0.15, 0.2) is 18.2 Å². The van der Waals surface area contributed by atoms with Crippen LogP contribution in [0.1, 0.15) is 32.8 Å². The van der Waals surface area contributed by atoms with Gasteiger partial charge in [-0.3, -0.25) is 0 Å². The number of halogens is 2. The Morgan fingerprint density at radius 2 is 2.04 bits per heavy atom. The van der Waals surface area contributed by atoms with E-state index in [0.717, 1.165) is 11.1 Å². The second kappa shape index (κ2) is 6.79. The first-order chi connectivity index (χ1) is 10.7. The Hall–Kier alpha value is -1.75. The molecule has 0 atom stereocenters. The van der Waals surface area contributed by atoms with E-state index in [0.29, 0.717) is 25.3 Å². The minimum absolute atomic E-state index is 0.0521. The van der Waals surface area contributed by atoms with Gasteiger partial charge in [-0.15, -0.1) is 0 Å². The van der Waals surface area contributed by atoms with Gasteiger partial charge in [0, 0.05) is 24.7 Å². The maximum absolute atomic E-state index is 13.5. The lowest BCUT2D eigenvalue weighted by Crippen LogP contribution is -2.39. The zero-order chi connectivity index (χ0) is 17.2. The lowest BCUT2D eigenvalue weighted by atomic mass is 9.98. The smallest absolute Gasteiger partial charge is 0.410 e. The van der Waals surface area contributed by atoms with Crippen molar-refractivity contribution in [2.75, 3.05) is 20.2 Å². The van der Waals surface area contributed by atoms with Crippen molar-refractivity contribution in [2.24, 2.45) is 0 Å². The topological polar surface area (TPSA) is 38.8 Å². The van der Waals surface area contributed by atoms with Crippen molar-refractivity contribution in [3.05, 3.63) is 34.6 Å². The highest BCUT2D eigenvalue weighted by Gasteiger charge is 2.25. The number of ether oxygens (including phenoxy) is 2. The quantitative estimate of drug-likeness (QED) is 0.794. The molecule has 0 aliphatic carbocycles. The average molecular weight is 342 g/mol. The average Bonchev–Trinajstić information content (AvgIpc) is 2.48. The SMILES string of the molecule is COc1cc(F)c(Cl)cc1C1=CCN(C(=O)OC(C)(C)C)CC1. The molecule has 1 aliphatic rings. The molecule has 23 heavy (non-hydrogen) atoms. The molecule has 1 aromatic carbocycles. The molecule has 6 heteroatoms. The fraction of sp³-hybridized carbons (Fsp3) is 0.471. The molecule has 4 nitrogen and oxygen atoms in total. The largest absolute Gasteiger partial charge is 0.496 e. The van der Waals surface area contributed by atoms with Gasteiger partial charge in [0.25, 0.3) is 0 Å². The zero-order valence-electron chi connectivity index (χ0n) is 13.8. The second-order valence-corrected chi connectivity index (χ2v) is 6.78. The van der Waals surface area contributed by atoms with Crippen molar-refractivity contribution in [2.45, 2.75) is 32.8 Å². The van der Waals surface area contributed by atoms with E-state index in [4.69, 9.17) is 21.1 Å². The van der Waals surface area contributed by atoms with Gasteiger partial charge in [0.2, 0.25) is 0 Å². The summed E-state index contributed by atoms with van der Waals surface area (Å²) >= 11 is 5.87. The molecule has 0 spiro atoms. The minimum atomic E-state index is -0.519. The number of hydrogen-bond acceptors (Lipinski definition) is 3. The molecule has 0 aromatic heterocycles. The molecule has 126 valence electrons. The van der Waals surface area contributed by atoms with Crippen molar-refractivity contribution in [1.29, 1.82) is 0 Å². The summed E-state index contributed by atoms with van der Waals surface area (Å²) in [5, 5.41) is 0.0521. The molecule has 0 saturated heterocycles. The van der Waals surface area contributed by atoms with Crippen LogP contribution in [-0.2, 0) is 4.74 Å². The van der Waals surface area contributed by atoms with Gasteiger partial charge in [-0.05, 0) is 38.8 Å².